The first-order valence-electron chi connectivity index (χ1n) is 16.8. The van der Waals surface area contributed by atoms with Crippen molar-refractivity contribution in [3.8, 4) is 45.3 Å². The standard InChI is InChI=1S/C45H25N3S3/c1-2-10-26(11-3-1)43-46-44(28-21-23-32-30-12-4-6-18-37(30)49-39(32)25-28)48-45(47-43)36-17-9-16-35-33-22-20-27(24-40(33)51-42(35)36)29-14-8-15-34-31-13-5-7-19-38(31)50-41(29)34/h1-25H. The van der Waals surface area contributed by atoms with Gasteiger partial charge in [-0.3, -0.25) is 0 Å². The molecule has 51 heavy (non-hydrogen) atoms. The second-order valence-corrected chi connectivity index (χ2v) is 15.9. The minimum absolute atomic E-state index is 0.670. The quantitative estimate of drug-likeness (QED) is 0.183. The molecule has 0 N–H and O–H groups in total. The summed E-state index contributed by atoms with van der Waals surface area (Å²) in [7, 11) is 0. The Hall–Kier alpha value is -5.79. The van der Waals surface area contributed by atoms with Crippen molar-refractivity contribution >= 4 is 94.5 Å². The maximum absolute atomic E-state index is 5.19. The van der Waals surface area contributed by atoms with Crippen molar-refractivity contribution in [1.82, 2.24) is 15.0 Å². The Labute approximate surface area is 304 Å². The van der Waals surface area contributed by atoms with Crippen LogP contribution in [0.5, 0.6) is 0 Å². The molecule has 0 radical (unpaired) electrons. The molecule has 3 nitrogen and oxygen atoms in total. The largest absolute Gasteiger partial charge is 0.208 e. The van der Waals surface area contributed by atoms with Gasteiger partial charge in [0.1, 0.15) is 0 Å². The molecule has 0 aliphatic rings. The summed E-state index contributed by atoms with van der Waals surface area (Å²) >= 11 is 5.50. The molecule has 0 spiro atoms. The molecule has 0 saturated heterocycles. The topological polar surface area (TPSA) is 38.7 Å². The predicted octanol–water partition coefficient (Wildman–Crippen LogP) is 13.6. The molecule has 4 aromatic heterocycles. The van der Waals surface area contributed by atoms with Gasteiger partial charge in [0, 0.05) is 77.2 Å². The third-order valence-electron chi connectivity index (χ3n) is 9.76. The lowest BCUT2D eigenvalue weighted by atomic mass is 10.0. The number of hydrogen-bond acceptors (Lipinski definition) is 6. The highest BCUT2D eigenvalue weighted by Gasteiger charge is 2.18. The zero-order valence-electron chi connectivity index (χ0n) is 27.0. The van der Waals surface area contributed by atoms with E-state index in [-0.39, 0.29) is 0 Å². The van der Waals surface area contributed by atoms with E-state index in [9.17, 15) is 0 Å². The lowest BCUT2D eigenvalue weighted by Gasteiger charge is -2.09. The first-order valence-corrected chi connectivity index (χ1v) is 19.3. The number of benzene rings is 7. The zero-order valence-corrected chi connectivity index (χ0v) is 29.4. The summed E-state index contributed by atoms with van der Waals surface area (Å²) in [5, 5.41) is 7.65. The highest BCUT2D eigenvalue weighted by molar-refractivity contribution is 7.27. The van der Waals surface area contributed by atoms with Gasteiger partial charge in [-0.1, -0.05) is 121 Å². The number of hydrogen-bond donors (Lipinski definition) is 0. The fourth-order valence-corrected chi connectivity index (χ4v) is 11.0. The third-order valence-corrected chi connectivity index (χ3v) is 13.3. The second-order valence-electron chi connectivity index (χ2n) is 12.8. The Morgan fingerprint density at radius 3 is 1.57 bits per heavy atom. The van der Waals surface area contributed by atoms with Crippen molar-refractivity contribution in [2.24, 2.45) is 0 Å². The Balaban J connectivity index is 1.09. The van der Waals surface area contributed by atoms with E-state index in [0.29, 0.717) is 17.5 Å². The Bertz CT molecular complexity index is 3150. The maximum Gasteiger partial charge on any atom is 0.165 e. The van der Waals surface area contributed by atoms with Gasteiger partial charge < -0.3 is 0 Å². The molecule has 0 amide bonds. The summed E-state index contributed by atoms with van der Waals surface area (Å²) in [6.45, 7) is 0. The molecule has 11 aromatic rings. The van der Waals surface area contributed by atoms with Gasteiger partial charge >= 0.3 is 0 Å². The van der Waals surface area contributed by atoms with Crippen LogP contribution in [0.2, 0.25) is 0 Å². The summed E-state index contributed by atoms with van der Waals surface area (Å²) in [5.41, 5.74) is 5.48. The molecule has 0 fully saturated rings. The van der Waals surface area contributed by atoms with E-state index in [1.807, 2.05) is 52.2 Å². The third kappa shape index (κ3) is 4.65. The maximum atomic E-state index is 5.19. The van der Waals surface area contributed by atoms with Crippen LogP contribution in [0.25, 0.3) is 106 Å². The molecule has 0 bridgehead atoms. The Morgan fingerprint density at radius 1 is 0.294 bits per heavy atom. The van der Waals surface area contributed by atoms with Crippen molar-refractivity contribution in [2.45, 2.75) is 0 Å². The van der Waals surface area contributed by atoms with Gasteiger partial charge in [-0.2, -0.15) is 0 Å². The van der Waals surface area contributed by atoms with E-state index in [0.717, 1.165) is 16.7 Å². The molecule has 11 rings (SSSR count). The van der Waals surface area contributed by atoms with Crippen LogP contribution in [0.15, 0.2) is 152 Å². The molecule has 0 atom stereocenters. The molecule has 4 heterocycles. The van der Waals surface area contributed by atoms with Crippen molar-refractivity contribution in [3.05, 3.63) is 152 Å². The van der Waals surface area contributed by atoms with E-state index < -0.39 is 0 Å². The van der Waals surface area contributed by atoms with Crippen LogP contribution in [0.1, 0.15) is 0 Å². The van der Waals surface area contributed by atoms with E-state index in [2.05, 4.69) is 133 Å². The average molecular weight is 704 g/mol. The number of fused-ring (bicyclic) bond motifs is 9. The molecule has 0 aliphatic heterocycles. The van der Waals surface area contributed by atoms with Gasteiger partial charge in [-0.05, 0) is 41.5 Å². The molecule has 238 valence electrons. The molecule has 6 heteroatoms. The zero-order chi connectivity index (χ0) is 33.5. The summed E-state index contributed by atoms with van der Waals surface area (Å²) < 4.78 is 7.60. The van der Waals surface area contributed by atoms with Crippen molar-refractivity contribution in [1.29, 1.82) is 0 Å². The van der Waals surface area contributed by atoms with E-state index >= 15 is 0 Å². The van der Waals surface area contributed by atoms with Crippen LogP contribution in [0.4, 0.5) is 0 Å². The number of nitrogens with zero attached hydrogens (tertiary/aromatic N) is 3. The van der Waals surface area contributed by atoms with Crippen molar-refractivity contribution in [3.63, 3.8) is 0 Å². The highest BCUT2D eigenvalue weighted by Crippen LogP contribution is 2.44. The number of thiophene rings is 3. The van der Waals surface area contributed by atoms with Crippen LogP contribution < -0.4 is 0 Å². The summed E-state index contributed by atoms with van der Waals surface area (Å²) in [6.07, 6.45) is 0. The van der Waals surface area contributed by atoms with Crippen LogP contribution in [-0.4, -0.2) is 15.0 Å². The van der Waals surface area contributed by atoms with Crippen LogP contribution >= 0.6 is 34.0 Å². The molecule has 0 unspecified atom stereocenters. The molecular weight excluding hydrogens is 679 g/mol. The van der Waals surface area contributed by atoms with E-state index in [1.54, 1.807) is 0 Å². The number of aromatic nitrogens is 3. The van der Waals surface area contributed by atoms with Gasteiger partial charge in [0.05, 0.1) is 0 Å². The average Bonchev–Trinajstić information content (AvgIpc) is 3.88. The van der Waals surface area contributed by atoms with E-state index in [4.69, 9.17) is 15.0 Å². The summed E-state index contributed by atoms with van der Waals surface area (Å²) in [5.74, 6) is 2.03. The first-order chi connectivity index (χ1) is 25.2. The summed E-state index contributed by atoms with van der Waals surface area (Å²) in [4.78, 5) is 15.4. The highest BCUT2D eigenvalue weighted by atomic mass is 32.1. The SMILES string of the molecule is c1ccc(-c2nc(-c3ccc4c(c3)sc3ccccc34)nc(-c3cccc4c3sc3cc(-c5cccc6c5sc5ccccc56)ccc34)n2)cc1. The second kappa shape index (κ2) is 11.4. The van der Waals surface area contributed by atoms with Gasteiger partial charge in [-0.15, -0.1) is 34.0 Å². The fourth-order valence-electron chi connectivity index (χ4n) is 7.32. The lowest BCUT2D eigenvalue weighted by molar-refractivity contribution is 1.08. The minimum Gasteiger partial charge on any atom is -0.208 e. The van der Waals surface area contributed by atoms with Crippen LogP contribution in [0, 0.1) is 0 Å². The molecular formula is C45H25N3S3. The van der Waals surface area contributed by atoms with Crippen molar-refractivity contribution in [2.75, 3.05) is 0 Å². The Kier molecular flexibility index (Phi) is 6.46. The van der Waals surface area contributed by atoms with Gasteiger partial charge in [-0.25, -0.2) is 15.0 Å². The molecule has 7 aromatic carbocycles. The Morgan fingerprint density at radius 2 is 0.784 bits per heavy atom. The minimum atomic E-state index is 0.670. The normalized spacial score (nSPS) is 11.9. The first kappa shape index (κ1) is 29.0. The van der Waals surface area contributed by atoms with Crippen molar-refractivity contribution < 1.29 is 0 Å². The predicted molar refractivity (Wildman–Crippen MR) is 220 cm³/mol. The van der Waals surface area contributed by atoms with Crippen LogP contribution in [-0.2, 0) is 0 Å². The summed E-state index contributed by atoms with van der Waals surface area (Å²) in [6, 6.07) is 54.2. The smallest absolute Gasteiger partial charge is 0.165 e. The fraction of sp³-hybridized carbons (Fsp3) is 0. The molecule has 0 saturated carbocycles. The monoisotopic (exact) mass is 703 g/mol. The van der Waals surface area contributed by atoms with Gasteiger partial charge in [0.25, 0.3) is 0 Å². The van der Waals surface area contributed by atoms with Crippen LogP contribution in [0.3, 0.4) is 0 Å². The lowest BCUT2D eigenvalue weighted by Crippen LogP contribution is -2.00. The van der Waals surface area contributed by atoms with Gasteiger partial charge in [0.2, 0.25) is 0 Å². The number of rotatable bonds is 4. The molecule has 0 aliphatic carbocycles. The van der Waals surface area contributed by atoms with E-state index in [1.165, 1.54) is 71.6 Å². The van der Waals surface area contributed by atoms with Gasteiger partial charge in [0.15, 0.2) is 17.5 Å².